The summed E-state index contributed by atoms with van der Waals surface area (Å²) in [7, 11) is -3.93. The maximum Gasteiger partial charge on any atom is 0.244 e. The standard InChI is InChI=1S/C20H21ClN4O4S2/c1-11(2)18(25-31(28,29)15-7-4-13(21)5-8-15)19(27)24-20-23-16-9-6-14(22-12(3)26)10-17(16)30-20/h4-11,18,25H,1-3H3,(H,22,26)(H,23,24,27)/t18-/m0/s1. The van der Waals surface area contributed by atoms with Crippen molar-refractivity contribution in [2.24, 2.45) is 5.92 Å². The van der Waals surface area contributed by atoms with Gasteiger partial charge in [-0.1, -0.05) is 36.8 Å². The lowest BCUT2D eigenvalue weighted by Crippen LogP contribution is -2.47. The highest BCUT2D eigenvalue weighted by molar-refractivity contribution is 7.89. The molecule has 0 saturated carbocycles. The smallest absolute Gasteiger partial charge is 0.244 e. The van der Waals surface area contributed by atoms with E-state index in [2.05, 4.69) is 20.3 Å². The minimum absolute atomic E-state index is 0.0147. The quantitative estimate of drug-likeness (QED) is 0.474. The highest BCUT2D eigenvalue weighted by Crippen LogP contribution is 2.29. The van der Waals surface area contributed by atoms with Gasteiger partial charge in [-0.3, -0.25) is 9.59 Å². The minimum atomic E-state index is -3.93. The van der Waals surface area contributed by atoms with Gasteiger partial charge in [0.1, 0.15) is 6.04 Å². The number of amides is 2. The number of rotatable bonds is 7. The summed E-state index contributed by atoms with van der Waals surface area (Å²) < 4.78 is 28.6. The highest BCUT2D eigenvalue weighted by atomic mass is 35.5. The summed E-state index contributed by atoms with van der Waals surface area (Å²) in [6.07, 6.45) is 0. The van der Waals surface area contributed by atoms with Crippen LogP contribution in [0, 0.1) is 5.92 Å². The summed E-state index contributed by atoms with van der Waals surface area (Å²) in [5, 5.41) is 6.12. The number of carbonyl (C=O) groups is 2. The molecule has 31 heavy (non-hydrogen) atoms. The van der Waals surface area contributed by atoms with Crippen LogP contribution in [0.25, 0.3) is 10.2 Å². The second-order valence-corrected chi connectivity index (χ2v) is 10.3. The van der Waals surface area contributed by atoms with Gasteiger partial charge in [0.2, 0.25) is 21.8 Å². The van der Waals surface area contributed by atoms with Crippen LogP contribution in [0.4, 0.5) is 10.8 Å². The average molecular weight is 481 g/mol. The molecule has 3 rings (SSSR count). The Hall–Kier alpha value is -2.53. The Balaban J connectivity index is 1.79. The molecule has 1 aromatic heterocycles. The molecule has 3 aromatic rings. The fourth-order valence-electron chi connectivity index (χ4n) is 2.78. The molecule has 0 unspecified atom stereocenters. The third-order valence-corrected chi connectivity index (χ3v) is 6.94. The Labute approximate surface area is 189 Å². The molecule has 2 aromatic carbocycles. The number of benzene rings is 2. The van der Waals surface area contributed by atoms with E-state index in [0.717, 1.165) is 4.70 Å². The first-order valence-electron chi connectivity index (χ1n) is 9.32. The van der Waals surface area contributed by atoms with Gasteiger partial charge in [0.05, 0.1) is 15.1 Å². The number of aromatic nitrogens is 1. The number of hydrogen-bond donors (Lipinski definition) is 3. The number of fused-ring (bicyclic) bond motifs is 1. The Morgan fingerprint density at radius 2 is 1.74 bits per heavy atom. The van der Waals surface area contributed by atoms with Crippen molar-refractivity contribution in [2.75, 3.05) is 10.6 Å². The first-order valence-corrected chi connectivity index (χ1v) is 12.0. The van der Waals surface area contributed by atoms with Gasteiger partial charge in [0.25, 0.3) is 0 Å². The van der Waals surface area contributed by atoms with Crippen molar-refractivity contribution >= 4 is 65.8 Å². The van der Waals surface area contributed by atoms with Gasteiger partial charge in [-0.2, -0.15) is 4.72 Å². The van der Waals surface area contributed by atoms with Gasteiger partial charge in [-0.15, -0.1) is 0 Å². The molecule has 1 atom stereocenters. The average Bonchev–Trinajstić information content (AvgIpc) is 3.07. The van der Waals surface area contributed by atoms with Crippen LogP contribution in [0.15, 0.2) is 47.4 Å². The van der Waals surface area contributed by atoms with Crippen LogP contribution in [0.5, 0.6) is 0 Å². The van der Waals surface area contributed by atoms with Crippen molar-refractivity contribution in [3.63, 3.8) is 0 Å². The molecule has 11 heteroatoms. The largest absolute Gasteiger partial charge is 0.326 e. The third kappa shape index (κ3) is 5.79. The zero-order chi connectivity index (χ0) is 22.8. The SMILES string of the molecule is CC(=O)Nc1ccc2nc(NC(=O)[C@@H](NS(=O)(=O)c3ccc(Cl)cc3)C(C)C)sc2c1. The predicted molar refractivity (Wildman–Crippen MR) is 123 cm³/mol. The summed E-state index contributed by atoms with van der Waals surface area (Å²) in [5.74, 6) is -1.03. The number of anilines is 2. The molecule has 0 aliphatic rings. The predicted octanol–water partition coefficient (Wildman–Crippen LogP) is 3.85. The van der Waals surface area contributed by atoms with Crippen molar-refractivity contribution in [3.05, 3.63) is 47.5 Å². The lowest BCUT2D eigenvalue weighted by Gasteiger charge is -2.21. The highest BCUT2D eigenvalue weighted by Gasteiger charge is 2.29. The van der Waals surface area contributed by atoms with Crippen molar-refractivity contribution in [1.82, 2.24) is 9.71 Å². The van der Waals surface area contributed by atoms with Crippen LogP contribution >= 0.6 is 22.9 Å². The van der Waals surface area contributed by atoms with E-state index in [1.165, 1.54) is 42.5 Å². The number of nitrogens with one attached hydrogen (secondary N) is 3. The Morgan fingerprint density at radius 3 is 2.35 bits per heavy atom. The maximum absolute atomic E-state index is 12.9. The van der Waals surface area contributed by atoms with E-state index in [9.17, 15) is 18.0 Å². The Kier molecular flexibility index (Phi) is 6.95. The van der Waals surface area contributed by atoms with E-state index in [1.54, 1.807) is 32.0 Å². The summed E-state index contributed by atoms with van der Waals surface area (Å²) in [6.45, 7) is 4.90. The number of halogens is 1. The maximum atomic E-state index is 12.9. The topological polar surface area (TPSA) is 117 Å². The molecule has 164 valence electrons. The lowest BCUT2D eigenvalue weighted by molar-refractivity contribution is -0.118. The molecule has 2 amide bonds. The second-order valence-electron chi connectivity index (χ2n) is 7.17. The summed E-state index contributed by atoms with van der Waals surface area (Å²) in [4.78, 5) is 28.5. The normalized spacial score (nSPS) is 12.7. The number of carbonyl (C=O) groups excluding carboxylic acids is 2. The summed E-state index contributed by atoms with van der Waals surface area (Å²) in [6, 6.07) is 9.88. The van der Waals surface area contributed by atoms with Gasteiger partial charge in [0, 0.05) is 17.6 Å². The zero-order valence-electron chi connectivity index (χ0n) is 17.0. The molecule has 0 bridgehead atoms. The molecular formula is C20H21ClN4O4S2. The van der Waals surface area contributed by atoms with Gasteiger partial charge >= 0.3 is 0 Å². The third-order valence-electron chi connectivity index (χ3n) is 4.29. The van der Waals surface area contributed by atoms with Gasteiger partial charge < -0.3 is 10.6 Å². The first kappa shape index (κ1) is 23.1. The van der Waals surface area contributed by atoms with E-state index in [-0.39, 0.29) is 16.7 Å². The van der Waals surface area contributed by atoms with Crippen LogP contribution in [-0.4, -0.2) is 31.3 Å². The fraction of sp³-hybridized carbons (Fsp3) is 0.250. The van der Waals surface area contributed by atoms with Crippen molar-refractivity contribution in [1.29, 1.82) is 0 Å². The van der Waals surface area contributed by atoms with E-state index >= 15 is 0 Å². The van der Waals surface area contributed by atoms with Crippen molar-refractivity contribution in [2.45, 2.75) is 31.7 Å². The van der Waals surface area contributed by atoms with Gasteiger partial charge in [-0.25, -0.2) is 13.4 Å². The molecule has 0 aliphatic carbocycles. The fourth-order valence-corrected chi connectivity index (χ4v) is 5.16. The molecule has 0 aliphatic heterocycles. The Bertz CT molecular complexity index is 1220. The van der Waals surface area contributed by atoms with Crippen LogP contribution in [0.1, 0.15) is 20.8 Å². The van der Waals surface area contributed by atoms with Gasteiger partial charge in [0.15, 0.2) is 5.13 Å². The van der Waals surface area contributed by atoms with Crippen LogP contribution < -0.4 is 15.4 Å². The number of hydrogen-bond acceptors (Lipinski definition) is 6. The zero-order valence-corrected chi connectivity index (χ0v) is 19.4. The number of nitrogens with zero attached hydrogens (tertiary/aromatic N) is 1. The van der Waals surface area contributed by atoms with Gasteiger partial charge in [-0.05, 0) is 48.4 Å². The van der Waals surface area contributed by atoms with Crippen LogP contribution in [0.3, 0.4) is 0 Å². The molecule has 8 nitrogen and oxygen atoms in total. The van der Waals surface area contributed by atoms with Crippen molar-refractivity contribution < 1.29 is 18.0 Å². The molecule has 0 saturated heterocycles. The van der Waals surface area contributed by atoms with E-state index in [0.29, 0.717) is 21.4 Å². The van der Waals surface area contributed by atoms with E-state index in [1.807, 2.05) is 0 Å². The van der Waals surface area contributed by atoms with E-state index in [4.69, 9.17) is 11.6 Å². The second kappa shape index (κ2) is 9.31. The number of sulfonamides is 1. The lowest BCUT2D eigenvalue weighted by atomic mass is 10.1. The van der Waals surface area contributed by atoms with E-state index < -0.39 is 22.0 Å². The molecule has 0 fully saturated rings. The molecule has 0 spiro atoms. The first-order chi connectivity index (χ1) is 14.5. The summed E-state index contributed by atoms with van der Waals surface area (Å²) >= 11 is 7.05. The molecule has 0 radical (unpaired) electrons. The number of thiazole rings is 1. The molecular weight excluding hydrogens is 460 g/mol. The Morgan fingerprint density at radius 1 is 1.06 bits per heavy atom. The monoisotopic (exact) mass is 480 g/mol. The summed E-state index contributed by atoms with van der Waals surface area (Å²) in [5.41, 5.74) is 1.27. The van der Waals surface area contributed by atoms with Crippen molar-refractivity contribution in [3.8, 4) is 0 Å². The molecule has 1 heterocycles. The van der Waals surface area contributed by atoms with Crippen LogP contribution in [0.2, 0.25) is 5.02 Å². The van der Waals surface area contributed by atoms with Crippen LogP contribution in [-0.2, 0) is 19.6 Å². The molecule has 3 N–H and O–H groups in total. The minimum Gasteiger partial charge on any atom is -0.326 e.